The molecule has 0 radical (unpaired) electrons. The number of hydrogen-bond donors (Lipinski definition) is 1. The van der Waals surface area contributed by atoms with Crippen molar-refractivity contribution in [3.63, 3.8) is 0 Å². The van der Waals surface area contributed by atoms with Crippen molar-refractivity contribution in [3.8, 4) is 0 Å². The maximum absolute atomic E-state index is 11.1. The van der Waals surface area contributed by atoms with Gasteiger partial charge in [0.2, 0.25) is 0 Å². The molecule has 0 N–H and O–H groups in total. The van der Waals surface area contributed by atoms with E-state index in [-0.39, 0.29) is 16.9 Å². The van der Waals surface area contributed by atoms with E-state index in [1.807, 2.05) is 19.1 Å². The lowest BCUT2D eigenvalue weighted by Gasteiger charge is -2.13. The minimum Gasteiger partial charge on any atom is -0.465 e. The van der Waals surface area contributed by atoms with Crippen molar-refractivity contribution in [1.82, 2.24) is 0 Å². The molecule has 62 valence electrons. The number of thiol groups is 1. The number of hydrogen-bond acceptors (Lipinski definition) is 2. The Balaban J connectivity index is 2.74. The number of rotatable bonds is 1. The summed E-state index contributed by atoms with van der Waals surface area (Å²) in [5.74, 6) is -0.188. The molecular weight excluding hydrogens is 160 g/mol. The number of allylic oxidation sites excluding steroid dienone is 3. The number of methoxy groups -OCH3 is 1. The van der Waals surface area contributed by atoms with E-state index in [4.69, 9.17) is 0 Å². The molecular formula is C8H12O2S. The Morgan fingerprint density at radius 1 is 1.55 bits per heavy atom. The third-order valence-corrected chi connectivity index (χ3v) is 4.03. The second-order valence-corrected chi connectivity index (χ2v) is 4.72. The second-order valence-electron chi connectivity index (χ2n) is 2.41. The molecule has 0 aromatic rings. The summed E-state index contributed by atoms with van der Waals surface area (Å²) in [7, 11) is 1.03. The first kappa shape index (κ1) is 8.40. The molecule has 2 nitrogen and oxygen atoms in total. The van der Waals surface area contributed by atoms with Gasteiger partial charge >= 0.3 is 5.97 Å². The number of esters is 1. The van der Waals surface area contributed by atoms with Gasteiger partial charge in [-0.15, -0.1) is 0 Å². The first-order chi connectivity index (χ1) is 5.16. The van der Waals surface area contributed by atoms with Gasteiger partial charge in [0.25, 0.3) is 0 Å². The third kappa shape index (κ3) is 1.48. The van der Waals surface area contributed by atoms with E-state index >= 15 is 0 Å². The Kier molecular flexibility index (Phi) is 2.39. The number of carbonyl (C=O) groups excluding carboxylic acids is 1. The molecule has 0 spiro atoms. The van der Waals surface area contributed by atoms with Crippen molar-refractivity contribution < 1.29 is 9.53 Å². The molecule has 1 heterocycles. The molecule has 1 atom stereocenters. The van der Waals surface area contributed by atoms with Crippen molar-refractivity contribution in [2.75, 3.05) is 13.4 Å². The van der Waals surface area contributed by atoms with Gasteiger partial charge in [-0.3, -0.25) is 0 Å². The summed E-state index contributed by atoms with van der Waals surface area (Å²) in [5.41, 5.74) is 0. The molecule has 1 rings (SSSR count). The quantitative estimate of drug-likeness (QED) is 0.480. The molecule has 0 aromatic carbocycles. The fraction of sp³-hybridized carbons (Fsp3) is 0.375. The van der Waals surface area contributed by atoms with Crippen molar-refractivity contribution >= 4 is 16.9 Å². The van der Waals surface area contributed by atoms with Crippen LogP contribution in [0, 0.1) is 0 Å². The van der Waals surface area contributed by atoms with Crippen molar-refractivity contribution in [2.45, 2.75) is 6.92 Å². The summed E-state index contributed by atoms with van der Waals surface area (Å²) in [6.45, 7) is 2.04. The summed E-state index contributed by atoms with van der Waals surface area (Å²) in [5, 5.41) is 0. The third-order valence-electron chi connectivity index (χ3n) is 1.77. The van der Waals surface area contributed by atoms with Crippen LogP contribution < -0.4 is 0 Å². The lowest BCUT2D eigenvalue weighted by Crippen LogP contribution is -2.02. The smallest absolute Gasteiger partial charge is 0.342 e. The predicted molar refractivity (Wildman–Crippen MR) is 48.8 cm³/mol. The average Bonchev–Trinajstić information content (AvgIpc) is 2.32. The largest absolute Gasteiger partial charge is 0.465 e. The highest BCUT2D eigenvalue weighted by Gasteiger charge is 2.18. The summed E-state index contributed by atoms with van der Waals surface area (Å²) < 4.78 is 4.63. The molecule has 3 heteroatoms. The van der Waals surface area contributed by atoms with E-state index in [1.54, 1.807) is 0 Å². The Morgan fingerprint density at radius 2 is 2.18 bits per heavy atom. The van der Waals surface area contributed by atoms with E-state index in [2.05, 4.69) is 11.0 Å². The Bertz CT molecular complexity index is 240. The van der Waals surface area contributed by atoms with Gasteiger partial charge in [0, 0.05) is 0 Å². The Labute approximate surface area is 69.3 Å². The van der Waals surface area contributed by atoms with Crippen molar-refractivity contribution in [2.24, 2.45) is 0 Å². The fourth-order valence-electron chi connectivity index (χ4n) is 0.923. The van der Waals surface area contributed by atoms with Gasteiger partial charge in [-0.05, 0) is 24.2 Å². The second kappa shape index (κ2) is 3.13. The van der Waals surface area contributed by atoms with Crippen LogP contribution in [0.5, 0.6) is 0 Å². The molecule has 0 aromatic heterocycles. The fourth-order valence-corrected chi connectivity index (χ4v) is 2.26. The van der Waals surface area contributed by atoms with Gasteiger partial charge in [0.05, 0.1) is 12.0 Å². The van der Waals surface area contributed by atoms with Crippen LogP contribution in [0.3, 0.4) is 0 Å². The molecule has 1 aliphatic heterocycles. The minimum atomic E-state index is -0.387. The van der Waals surface area contributed by atoms with E-state index in [1.165, 1.54) is 12.0 Å². The molecule has 1 unspecified atom stereocenters. The zero-order valence-electron chi connectivity index (χ0n) is 6.92. The van der Waals surface area contributed by atoms with Crippen LogP contribution >= 0.6 is 10.9 Å². The molecule has 11 heavy (non-hydrogen) atoms. The molecule has 0 saturated heterocycles. The van der Waals surface area contributed by atoms with Gasteiger partial charge < -0.3 is 4.74 Å². The monoisotopic (exact) mass is 172 g/mol. The van der Waals surface area contributed by atoms with Crippen LogP contribution in [0.15, 0.2) is 22.0 Å². The zero-order chi connectivity index (χ0) is 8.43. The molecule has 0 saturated carbocycles. The first-order valence-electron chi connectivity index (χ1n) is 3.37. The van der Waals surface area contributed by atoms with Gasteiger partial charge in [-0.1, -0.05) is 6.08 Å². The van der Waals surface area contributed by atoms with Crippen molar-refractivity contribution in [1.29, 1.82) is 0 Å². The summed E-state index contributed by atoms with van der Waals surface area (Å²) in [4.78, 5) is 13.2. The molecule has 0 bridgehead atoms. The first-order valence-corrected chi connectivity index (χ1v) is 5.16. The van der Waals surface area contributed by atoms with E-state index in [0.29, 0.717) is 0 Å². The molecule has 0 fully saturated rings. The molecule has 0 aliphatic carbocycles. The predicted octanol–water partition coefficient (Wildman–Crippen LogP) is 1.59. The summed E-state index contributed by atoms with van der Waals surface area (Å²) >= 11 is 0. The van der Waals surface area contributed by atoms with Crippen LogP contribution in [-0.2, 0) is 9.53 Å². The van der Waals surface area contributed by atoms with Crippen molar-refractivity contribution in [3.05, 3.63) is 22.0 Å². The number of ether oxygens (including phenoxy) is 1. The van der Waals surface area contributed by atoms with Crippen LogP contribution in [0.1, 0.15) is 6.92 Å². The minimum absolute atomic E-state index is 0.188. The van der Waals surface area contributed by atoms with Gasteiger partial charge in [0.1, 0.15) is 0 Å². The zero-order valence-corrected chi connectivity index (χ0v) is 7.81. The van der Waals surface area contributed by atoms with Crippen LogP contribution in [-0.4, -0.2) is 19.3 Å². The standard InChI is InChI=1S/C8H12O2S/c1-6-4-5-7(11(6)3)8(9)10-2/h4-5,11H,1-3H3. The van der Waals surface area contributed by atoms with E-state index in [9.17, 15) is 4.79 Å². The Hall–Kier alpha value is -0.700. The topological polar surface area (TPSA) is 26.3 Å². The summed E-state index contributed by atoms with van der Waals surface area (Å²) in [6.07, 6.45) is 5.90. The summed E-state index contributed by atoms with van der Waals surface area (Å²) in [6, 6.07) is 0. The number of carbonyl (C=O) groups is 1. The Morgan fingerprint density at radius 3 is 2.55 bits per heavy atom. The van der Waals surface area contributed by atoms with E-state index < -0.39 is 0 Å². The average molecular weight is 172 g/mol. The molecule has 0 amide bonds. The maximum atomic E-state index is 11.1. The van der Waals surface area contributed by atoms with Gasteiger partial charge in [-0.25, -0.2) is 15.7 Å². The van der Waals surface area contributed by atoms with Gasteiger partial charge in [0.15, 0.2) is 0 Å². The highest BCUT2D eigenvalue weighted by atomic mass is 32.2. The van der Waals surface area contributed by atoms with Crippen LogP contribution in [0.4, 0.5) is 0 Å². The van der Waals surface area contributed by atoms with Gasteiger partial charge in [-0.2, -0.15) is 0 Å². The lowest BCUT2D eigenvalue weighted by atomic mass is 10.4. The normalized spacial score (nSPS) is 25.9. The SMILES string of the molecule is COC(=O)C1=CC=C(C)[SH]1C. The highest BCUT2D eigenvalue weighted by molar-refractivity contribution is 8.24. The van der Waals surface area contributed by atoms with Crippen LogP contribution in [0.2, 0.25) is 0 Å². The molecule has 1 aliphatic rings. The lowest BCUT2D eigenvalue weighted by molar-refractivity contribution is -0.135. The van der Waals surface area contributed by atoms with Crippen LogP contribution in [0.25, 0.3) is 0 Å². The van der Waals surface area contributed by atoms with E-state index in [0.717, 1.165) is 4.91 Å². The highest BCUT2D eigenvalue weighted by Crippen LogP contribution is 2.44. The maximum Gasteiger partial charge on any atom is 0.342 e.